The van der Waals surface area contributed by atoms with Gasteiger partial charge in [0.2, 0.25) is 0 Å². The third kappa shape index (κ3) is 5.27. The van der Waals surface area contributed by atoms with Gasteiger partial charge in [-0.2, -0.15) is 5.10 Å². The molecular weight excluding hydrogens is 396 g/mol. The van der Waals surface area contributed by atoms with Crippen molar-refractivity contribution in [1.82, 2.24) is 15.2 Å². The molecule has 0 aliphatic carbocycles. The summed E-state index contributed by atoms with van der Waals surface area (Å²) < 4.78 is 29.5. The molecule has 3 rings (SSSR count). The van der Waals surface area contributed by atoms with Crippen molar-refractivity contribution in [2.24, 2.45) is 0 Å². The molecule has 1 atom stereocenters. The van der Waals surface area contributed by atoms with E-state index in [1.54, 1.807) is 0 Å². The molecule has 2 aromatic heterocycles. The number of aryl methyl sites for hydroxylation is 1. The van der Waals surface area contributed by atoms with Gasteiger partial charge in [-0.1, -0.05) is 25.6 Å². The van der Waals surface area contributed by atoms with Crippen LogP contribution >= 0.6 is 11.8 Å². The molecule has 9 heteroatoms. The molecule has 0 spiro atoms. The first-order valence-corrected chi connectivity index (χ1v) is 12.2. The van der Waals surface area contributed by atoms with Crippen LogP contribution in [0.5, 0.6) is 0 Å². The van der Waals surface area contributed by atoms with Gasteiger partial charge in [-0.15, -0.1) is 0 Å². The van der Waals surface area contributed by atoms with Crippen LogP contribution in [0.1, 0.15) is 32.0 Å². The zero-order chi connectivity index (χ0) is 20.5. The van der Waals surface area contributed by atoms with Gasteiger partial charge in [0.05, 0.1) is 35.7 Å². The number of rotatable bonds is 6. The van der Waals surface area contributed by atoms with E-state index in [0.717, 1.165) is 33.7 Å². The molecule has 0 radical (unpaired) electrons. The van der Waals surface area contributed by atoms with Gasteiger partial charge in [0, 0.05) is 18.2 Å². The number of pyridine rings is 1. The van der Waals surface area contributed by atoms with Crippen LogP contribution in [0.15, 0.2) is 28.3 Å². The standard InChI is InChI=1S/C19H28N4O3S2/c1-13-8-18(22-21-13)27-17-10-15(19(3,4)12-28(5,24)25)9-16(20-17)23-6-7-26-11-14(23)2/h8-10,14H,6-7,11-12H2,1-5H3,(H,21,22)/t14-/m1/s1. The maximum atomic E-state index is 12.0. The molecule has 2 aromatic rings. The van der Waals surface area contributed by atoms with Gasteiger partial charge in [-0.25, -0.2) is 13.4 Å². The summed E-state index contributed by atoms with van der Waals surface area (Å²) in [5.41, 5.74) is 1.35. The van der Waals surface area contributed by atoms with Gasteiger partial charge in [0.1, 0.15) is 20.7 Å². The number of sulfone groups is 1. The van der Waals surface area contributed by atoms with Crippen LogP contribution in [0.3, 0.4) is 0 Å². The Balaban J connectivity index is 2.02. The Kier molecular flexibility index (Phi) is 6.07. The summed E-state index contributed by atoms with van der Waals surface area (Å²) in [6.45, 7) is 10.0. The number of hydrogen-bond acceptors (Lipinski definition) is 7. The maximum Gasteiger partial charge on any atom is 0.148 e. The molecular formula is C19H28N4O3S2. The molecule has 7 nitrogen and oxygen atoms in total. The summed E-state index contributed by atoms with van der Waals surface area (Å²) in [7, 11) is -3.12. The minimum absolute atomic E-state index is 0.0788. The lowest BCUT2D eigenvalue weighted by Gasteiger charge is -2.35. The maximum absolute atomic E-state index is 12.0. The van der Waals surface area contributed by atoms with Crippen LogP contribution in [0.4, 0.5) is 5.82 Å². The predicted molar refractivity (Wildman–Crippen MR) is 112 cm³/mol. The lowest BCUT2D eigenvalue weighted by Crippen LogP contribution is -2.44. The van der Waals surface area contributed by atoms with E-state index in [-0.39, 0.29) is 11.8 Å². The van der Waals surface area contributed by atoms with Gasteiger partial charge in [0.15, 0.2) is 0 Å². The van der Waals surface area contributed by atoms with Crippen LogP contribution in [-0.4, -0.2) is 61.4 Å². The molecule has 1 fully saturated rings. The van der Waals surface area contributed by atoms with Crippen LogP contribution in [-0.2, 0) is 20.0 Å². The minimum atomic E-state index is -3.12. The smallest absolute Gasteiger partial charge is 0.148 e. The Hall–Kier alpha value is -1.58. The lowest BCUT2D eigenvalue weighted by molar-refractivity contribution is 0.0984. The topological polar surface area (TPSA) is 88.2 Å². The first-order valence-electron chi connectivity index (χ1n) is 9.28. The van der Waals surface area contributed by atoms with Crippen molar-refractivity contribution >= 4 is 27.4 Å². The highest BCUT2D eigenvalue weighted by atomic mass is 32.2. The second-order valence-electron chi connectivity index (χ2n) is 8.10. The van der Waals surface area contributed by atoms with Crippen molar-refractivity contribution in [3.63, 3.8) is 0 Å². The van der Waals surface area contributed by atoms with E-state index in [2.05, 4.69) is 22.0 Å². The summed E-state index contributed by atoms with van der Waals surface area (Å²) in [5.74, 6) is 0.934. The number of nitrogens with one attached hydrogen (secondary N) is 1. The average Bonchev–Trinajstić information content (AvgIpc) is 2.97. The number of aromatic amines is 1. The molecule has 1 N–H and O–H groups in total. The zero-order valence-electron chi connectivity index (χ0n) is 17.0. The second kappa shape index (κ2) is 8.04. The Morgan fingerprint density at radius 3 is 2.71 bits per heavy atom. The number of aromatic nitrogens is 3. The van der Waals surface area contributed by atoms with Crippen molar-refractivity contribution in [3.05, 3.63) is 29.5 Å². The van der Waals surface area contributed by atoms with E-state index in [4.69, 9.17) is 9.72 Å². The van der Waals surface area contributed by atoms with Crippen LogP contribution in [0.25, 0.3) is 0 Å². The highest BCUT2D eigenvalue weighted by Crippen LogP contribution is 2.34. The quantitative estimate of drug-likeness (QED) is 0.763. The highest BCUT2D eigenvalue weighted by Gasteiger charge is 2.29. The molecule has 3 heterocycles. The van der Waals surface area contributed by atoms with Gasteiger partial charge >= 0.3 is 0 Å². The summed E-state index contributed by atoms with van der Waals surface area (Å²) in [6, 6.07) is 6.19. The summed E-state index contributed by atoms with van der Waals surface area (Å²) in [5, 5.41) is 8.90. The third-order valence-electron chi connectivity index (χ3n) is 4.75. The lowest BCUT2D eigenvalue weighted by atomic mass is 9.87. The van der Waals surface area contributed by atoms with E-state index in [1.165, 1.54) is 18.0 Å². The molecule has 1 aliphatic rings. The normalized spacial score (nSPS) is 18.5. The number of ether oxygens (including phenoxy) is 1. The first kappa shape index (κ1) is 21.1. The Bertz CT molecular complexity index is 940. The van der Waals surface area contributed by atoms with Crippen LogP contribution in [0, 0.1) is 6.92 Å². The third-order valence-corrected chi connectivity index (χ3v) is 6.85. The number of nitrogens with zero attached hydrogens (tertiary/aromatic N) is 3. The van der Waals surface area contributed by atoms with E-state index in [1.807, 2.05) is 39.0 Å². The molecule has 154 valence electrons. The van der Waals surface area contributed by atoms with Crippen molar-refractivity contribution < 1.29 is 13.2 Å². The summed E-state index contributed by atoms with van der Waals surface area (Å²) in [4.78, 5) is 7.09. The van der Waals surface area contributed by atoms with Crippen molar-refractivity contribution in [2.75, 3.05) is 36.7 Å². The van der Waals surface area contributed by atoms with Gasteiger partial charge in [-0.05, 0) is 37.6 Å². The molecule has 0 amide bonds. The fourth-order valence-corrected chi connectivity index (χ4v) is 5.80. The fourth-order valence-electron chi connectivity index (χ4n) is 3.45. The SMILES string of the molecule is Cc1cc(Sc2cc(C(C)(C)CS(C)(=O)=O)cc(N3CCOC[C@H]3C)n2)[nH]n1. The Morgan fingerprint density at radius 2 is 2.11 bits per heavy atom. The number of anilines is 1. The molecule has 1 saturated heterocycles. The number of H-pyrrole nitrogens is 1. The molecule has 0 unspecified atom stereocenters. The van der Waals surface area contributed by atoms with Crippen molar-refractivity contribution in [3.8, 4) is 0 Å². The largest absolute Gasteiger partial charge is 0.377 e. The van der Waals surface area contributed by atoms with Crippen LogP contribution in [0.2, 0.25) is 0 Å². The average molecular weight is 425 g/mol. The van der Waals surface area contributed by atoms with Gasteiger partial charge in [0.25, 0.3) is 0 Å². The Labute approximate surface area is 171 Å². The van der Waals surface area contributed by atoms with E-state index in [0.29, 0.717) is 13.2 Å². The molecule has 0 aromatic carbocycles. The summed E-state index contributed by atoms with van der Waals surface area (Å²) in [6.07, 6.45) is 1.28. The molecule has 28 heavy (non-hydrogen) atoms. The first-order chi connectivity index (χ1) is 13.0. The van der Waals surface area contributed by atoms with Crippen molar-refractivity contribution in [1.29, 1.82) is 0 Å². The van der Waals surface area contributed by atoms with Crippen molar-refractivity contribution in [2.45, 2.75) is 49.2 Å². The molecule has 0 bridgehead atoms. The monoisotopic (exact) mass is 424 g/mol. The van der Waals surface area contributed by atoms with E-state index >= 15 is 0 Å². The fraction of sp³-hybridized carbons (Fsp3) is 0.579. The molecule has 1 aliphatic heterocycles. The van der Waals surface area contributed by atoms with E-state index in [9.17, 15) is 8.42 Å². The predicted octanol–water partition coefficient (Wildman–Crippen LogP) is 2.81. The van der Waals surface area contributed by atoms with Gasteiger partial charge < -0.3 is 9.64 Å². The van der Waals surface area contributed by atoms with E-state index < -0.39 is 15.3 Å². The second-order valence-corrected chi connectivity index (χ2v) is 11.3. The van der Waals surface area contributed by atoms with Gasteiger partial charge in [-0.3, -0.25) is 5.10 Å². The number of hydrogen-bond donors (Lipinski definition) is 1. The van der Waals surface area contributed by atoms with Crippen LogP contribution < -0.4 is 4.90 Å². The number of morpholine rings is 1. The Morgan fingerprint density at radius 1 is 1.36 bits per heavy atom. The highest BCUT2D eigenvalue weighted by molar-refractivity contribution is 7.99. The summed E-state index contributed by atoms with van der Waals surface area (Å²) >= 11 is 1.50. The minimum Gasteiger partial charge on any atom is -0.377 e. The molecule has 0 saturated carbocycles. The zero-order valence-corrected chi connectivity index (χ0v) is 18.7.